The van der Waals surface area contributed by atoms with E-state index in [1.807, 2.05) is 12.1 Å². The van der Waals surface area contributed by atoms with E-state index in [4.69, 9.17) is 4.74 Å². The largest absolute Gasteiger partial charge is 0.380 e. The summed E-state index contributed by atoms with van der Waals surface area (Å²) in [5, 5.41) is 3.47. The molecule has 1 aliphatic carbocycles. The molecular formula is C16H23FN2O. The molecule has 0 bridgehead atoms. The molecule has 1 saturated carbocycles. The van der Waals surface area contributed by atoms with Gasteiger partial charge in [-0.05, 0) is 30.9 Å². The molecule has 3 nitrogen and oxygen atoms in total. The summed E-state index contributed by atoms with van der Waals surface area (Å²) in [4.78, 5) is 2.27. The molecule has 0 aromatic heterocycles. The highest BCUT2D eigenvalue weighted by Crippen LogP contribution is 2.21. The summed E-state index contributed by atoms with van der Waals surface area (Å²) < 4.78 is 19.3. The zero-order valence-electron chi connectivity index (χ0n) is 12.1. The maximum atomic E-state index is 13.9. The minimum absolute atomic E-state index is 0.0963. The van der Waals surface area contributed by atoms with Gasteiger partial charge in [0.25, 0.3) is 0 Å². The first-order valence-corrected chi connectivity index (χ1v) is 7.50. The molecule has 1 aromatic rings. The fourth-order valence-electron chi connectivity index (χ4n) is 2.78. The lowest BCUT2D eigenvalue weighted by atomic mass is 10.1. The zero-order chi connectivity index (χ0) is 13.9. The number of ether oxygens (including phenoxy) is 1. The minimum Gasteiger partial charge on any atom is -0.380 e. The Morgan fingerprint density at radius 2 is 2.20 bits per heavy atom. The van der Waals surface area contributed by atoms with Gasteiger partial charge in [0.05, 0.1) is 6.10 Å². The van der Waals surface area contributed by atoms with Crippen LogP contribution in [0.4, 0.5) is 4.39 Å². The summed E-state index contributed by atoms with van der Waals surface area (Å²) in [5.41, 5.74) is 1.98. The second kappa shape index (κ2) is 6.20. The van der Waals surface area contributed by atoms with Crippen LogP contribution in [0.3, 0.4) is 0 Å². The molecule has 1 saturated heterocycles. The SMILES string of the molecule is COC1CCN(Cc2cc(CNC3CC3)ccc2F)C1. The summed E-state index contributed by atoms with van der Waals surface area (Å²) in [6.07, 6.45) is 3.90. The number of nitrogens with one attached hydrogen (secondary N) is 1. The van der Waals surface area contributed by atoms with Gasteiger partial charge in [-0.1, -0.05) is 12.1 Å². The summed E-state index contributed by atoms with van der Waals surface area (Å²) in [7, 11) is 1.75. The molecule has 1 aromatic carbocycles. The number of rotatable bonds is 6. The highest BCUT2D eigenvalue weighted by atomic mass is 19.1. The molecule has 4 heteroatoms. The lowest BCUT2D eigenvalue weighted by Gasteiger charge is -2.17. The molecule has 2 fully saturated rings. The number of halogens is 1. The first-order valence-electron chi connectivity index (χ1n) is 7.50. The van der Waals surface area contributed by atoms with E-state index in [2.05, 4.69) is 10.2 Å². The Labute approximate surface area is 120 Å². The van der Waals surface area contributed by atoms with Crippen molar-refractivity contribution in [2.24, 2.45) is 0 Å². The second-order valence-electron chi connectivity index (χ2n) is 5.96. The Hall–Kier alpha value is -0.970. The maximum absolute atomic E-state index is 13.9. The molecule has 0 amide bonds. The van der Waals surface area contributed by atoms with Gasteiger partial charge in [0.2, 0.25) is 0 Å². The fourth-order valence-corrected chi connectivity index (χ4v) is 2.78. The van der Waals surface area contributed by atoms with Gasteiger partial charge in [0.1, 0.15) is 5.82 Å². The average Bonchev–Trinajstić information content (AvgIpc) is 3.18. The monoisotopic (exact) mass is 278 g/mol. The van der Waals surface area contributed by atoms with E-state index >= 15 is 0 Å². The normalized spacial score (nSPS) is 23.4. The Morgan fingerprint density at radius 3 is 2.90 bits per heavy atom. The van der Waals surface area contributed by atoms with Gasteiger partial charge in [-0.2, -0.15) is 0 Å². The molecule has 1 unspecified atom stereocenters. The predicted molar refractivity (Wildman–Crippen MR) is 77.0 cm³/mol. The van der Waals surface area contributed by atoms with Crippen LogP contribution in [0.25, 0.3) is 0 Å². The van der Waals surface area contributed by atoms with Crippen LogP contribution in [0.1, 0.15) is 30.4 Å². The molecular weight excluding hydrogens is 255 g/mol. The number of methoxy groups -OCH3 is 1. The number of hydrogen-bond acceptors (Lipinski definition) is 3. The van der Waals surface area contributed by atoms with Crippen LogP contribution in [-0.2, 0) is 17.8 Å². The van der Waals surface area contributed by atoms with Crippen LogP contribution in [0.2, 0.25) is 0 Å². The van der Waals surface area contributed by atoms with Crippen molar-refractivity contribution in [3.05, 3.63) is 35.1 Å². The van der Waals surface area contributed by atoms with Gasteiger partial charge < -0.3 is 10.1 Å². The van der Waals surface area contributed by atoms with Crippen molar-refractivity contribution in [2.45, 2.75) is 44.5 Å². The summed E-state index contributed by atoms with van der Waals surface area (Å²) in [6.45, 7) is 3.42. The van der Waals surface area contributed by atoms with Crippen LogP contribution >= 0.6 is 0 Å². The van der Waals surface area contributed by atoms with Gasteiger partial charge in [0, 0.05) is 44.9 Å². The summed E-state index contributed by atoms with van der Waals surface area (Å²) in [5.74, 6) is -0.0963. The average molecular weight is 278 g/mol. The van der Waals surface area contributed by atoms with Gasteiger partial charge >= 0.3 is 0 Å². The first kappa shape index (κ1) is 14.0. The zero-order valence-corrected chi connectivity index (χ0v) is 12.1. The van der Waals surface area contributed by atoms with Crippen molar-refractivity contribution in [3.63, 3.8) is 0 Å². The third-order valence-electron chi connectivity index (χ3n) is 4.24. The van der Waals surface area contributed by atoms with Crippen LogP contribution in [0.15, 0.2) is 18.2 Å². The second-order valence-corrected chi connectivity index (χ2v) is 5.96. The van der Waals surface area contributed by atoms with Gasteiger partial charge in [-0.15, -0.1) is 0 Å². The lowest BCUT2D eigenvalue weighted by molar-refractivity contribution is 0.107. The Bertz CT molecular complexity index is 462. The molecule has 1 aliphatic heterocycles. The smallest absolute Gasteiger partial charge is 0.127 e. The standard InChI is InChI=1S/C16H23FN2O/c1-20-15-6-7-19(11-15)10-13-8-12(2-5-16(13)17)9-18-14-3-4-14/h2,5,8,14-15,18H,3-4,6-7,9-11H2,1H3. The Morgan fingerprint density at radius 1 is 1.35 bits per heavy atom. The highest BCUT2D eigenvalue weighted by Gasteiger charge is 2.23. The van der Waals surface area contributed by atoms with Crippen molar-refractivity contribution >= 4 is 0 Å². The van der Waals surface area contributed by atoms with E-state index in [-0.39, 0.29) is 5.82 Å². The van der Waals surface area contributed by atoms with Crippen molar-refractivity contribution in [2.75, 3.05) is 20.2 Å². The van der Waals surface area contributed by atoms with E-state index < -0.39 is 0 Å². The molecule has 110 valence electrons. The van der Waals surface area contributed by atoms with Gasteiger partial charge in [-0.3, -0.25) is 4.90 Å². The number of likely N-dealkylation sites (tertiary alicyclic amines) is 1. The van der Waals surface area contributed by atoms with E-state index in [0.717, 1.165) is 31.6 Å². The fraction of sp³-hybridized carbons (Fsp3) is 0.625. The minimum atomic E-state index is -0.0963. The van der Waals surface area contributed by atoms with Crippen LogP contribution in [0.5, 0.6) is 0 Å². The van der Waals surface area contributed by atoms with E-state index in [1.165, 1.54) is 18.4 Å². The van der Waals surface area contributed by atoms with Crippen molar-refractivity contribution in [1.82, 2.24) is 10.2 Å². The summed E-state index contributed by atoms with van der Waals surface area (Å²) >= 11 is 0. The molecule has 1 atom stereocenters. The van der Waals surface area contributed by atoms with E-state index in [0.29, 0.717) is 18.7 Å². The molecule has 0 radical (unpaired) electrons. The highest BCUT2D eigenvalue weighted by molar-refractivity contribution is 5.25. The van der Waals surface area contributed by atoms with Crippen molar-refractivity contribution in [3.8, 4) is 0 Å². The maximum Gasteiger partial charge on any atom is 0.127 e. The molecule has 2 aliphatic rings. The first-order chi connectivity index (χ1) is 9.74. The molecule has 20 heavy (non-hydrogen) atoms. The topological polar surface area (TPSA) is 24.5 Å². The Balaban J connectivity index is 1.60. The predicted octanol–water partition coefficient (Wildman–Crippen LogP) is 2.30. The number of benzene rings is 1. The third-order valence-corrected chi connectivity index (χ3v) is 4.24. The molecule has 1 heterocycles. The quantitative estimate of drug-likeness (QED) is 0.864. The Kier molecular flexibility index (Phi) is 4.34. The third kappa shape index (κ3) is 3.57. The summed E-state index contributed by atoms with van der Waals surface area (Å²) in [6, 6.07) is 6.17. The van der Waals surface area contributed by atoms with Crippen LogP contribution < -0.4 is 5.32 Å². The lowest BCUT2D eigenvalue weighted by Crippen LogP contribution is -2.23. The number of nitrogens with zero attached hydrogens (tertiary/aromatic N) is 1. The number of hydrogen-bond donors (Lipinski definition) is 1. The van der Waals surface area contributed by atoms with Crippen molar-refractivity contribution in [1.29, 1.82) is 0 Å². The van der Waals surface area contributed by atoms with E-state index in [9.17, 15) is 4.39 Å². The van der Waals surface area contributed by atoms with E-state index in [1.54, 1.807) is 13.2 Å². The molecule has 1 N–H and O–H groups in total. The van der Waals surface area contributed by atoms with Crippen LogP contribution in [-0.4, -0.2) is 37.2 Å². The molecule has 0 spiro atoms. The van der Waals surface area contributed by atoms with Crippen molar-refractivity contribution < 1.29 is 9.13 Å². The van der Waals surface area contributed by atoms with Crippen LogP contribution in [0, 0.1) is 5.82 Å². The van der Waals surface area contributed by atoms with Gasteiger partial charge in [0.15, 0.2) is 0 Å². The van der Waals surface area contributed by atoms with Gasteiger partial charge in [-0.25, -0.2) is 4.39 Å². The molecule has 3 rings (SSSR count).